The molecule has 0 fully saturated rings. The number of hydrogen-bond donors (Lipinski definition) is 0. The molecule has 0 aliphatic heterocycles. The molecule has 2 rings (SSSR count). The zero-order valence-corrected chi connectivity index (χ0v) is 14.7. The zero-order valence-electron chi connectivity index (χ0n) is 14.7. The van der Waals surface area contributed by atoms with E-state index in [-0.39, 0.29) is 0 Å². The Hall–Kier alpha value is -3.14. The summed E-state index contributed by atoms with van der Waals surface area (Å²) in [6.45, 7) is 9.16. The van der Waals surface area contributed by atoms with E-state index in [0.29, 0.717) is 22.4 Å². The van der Waals surface area contributed by atoms with Gasteiger partial charge < -0.3 is 4.52 Å². The fourth-order valence-corrected chi connectivity index (χ4v) is 2.63. The van der Waals surface area contributed by atoms with Crippen LogP contribution in [0, 0.1) is 0 Å². The van der Waals surface area contributed by atoms with Gasteiger partial charge in [-0.3, -0.25) is 4.79 Å². The number of carbonyl (C=O) groups excluding carboxylic acids is 1. The van der Waals surface area contributed by atoms with Crippen LogP contribution < -0.4 is 5.63 Å². The van der Waals surface area contributed by atoms with Gasteiger partial charge in [0.2, 0.25) is 0 Å². The molecule has 128 valence electrons. The molecular weight excluding hydrogens is 314 g/mol. The predicted octanol–water partition coefficient (Wildman–Crippen LogP) is 4.70. The molecule has 0 aliphatic carbocycles. The molecular formula is C21H21NO3. The maximum absolute atomic E-state index is 12.7. The molecule has 0 atom stereocenters. The van der Waals surface area contributed by atoms with E-state index < -0.39 is 11.5 Å². The van der Waals surface area contributed by atoms with E-state index in [1.807, 2.05) is 50.3 Å². The summed E-state index contributed by atoms with van der Waals surface area (Å²) in [4.78, 5) is 25.2. The Morgan fingerprint density at radius 1 is 1.12 bits per heavy atom. The normalized spacial score (nSPS) is 12.6. The van der Waals surface area contributed by atoms with E-state index in [2.05, 4.69) is 6.58 Å². The van der Waals surface area contributed by atoms with E-state index >= 15 is 0 Å². The quantitative estimate of drug-likeness (QED) is 0.588. The van der Waals surface area contributed by atoms with Crippen molar-refractivity contribution in [2.24, 2.45) is 0 Å². The molecule has 4 heteroatoms. The average Bonchev–Trinajstić information content (AvgIpc) is 2.97. The van der Waals surface area contributed by atoms with Gasteiger partial charge in [0.25, 0.3) is 5.91 Å². The van der Waals surface area contributed by atoms with Crippen molar-refractivity contribution in [3.63, 3.8) is 0 Å². The van der Waals surface area contributed by atoms with Crippen LogP contribution in [0.25, 0.3) is 11.6 Å². The molecule has 0 saturated heterocycles. The van der Waals surface area contributed by atoms with Gasteiger partial charge in [0.1, 0.15) is 0 Å². The van der Waals surface area contributed by atoms with Gasteiger partial charge in [0, 0.05) is 5.57 Å². The molecule has 0 bridgehead atoms. The minimum atomic E-state index is -0.573. The molecule has 0 aliphatic rings. The molecule has 4 nitrogen and oxygen atoms in total. The first-order valence-corrected chi connectivity index (χ1v) is 8.03. The second-order valence-electron chi connectivity index (χ2n) is 5.26. The van der Waals surface area contributed by atoms with Crippen molar-refractivity contribution in [3.05, 3.63) is 94.0 Å². The molecule has 1 aromatic carbocycles. The number of hydrogen-bond acceptors (Lipinski definition) is 3. The zero-order chi connectivity index (χ0) is 18.4. The largest absolute Gasteiger partial charge is 0.366 e. The summed E-state index contributed by atoms with van der Waals surface area (Å²) >= 11 is 0. The number of carbonyl (C=O) groups is 1. The monoisotopic (exact) mass is 335 g/mol. The summed E-state index contributed by atoms with van der Waals surface area (Å²) in [6, 6.07) is 9.48. The van der Waals surface area contributed by atoms with Crippen LogP contribution in [-0.4, -0.2) is 10.6 Å². The summed E-state index contributed by atoms with van der Waals surface area (Å²) in [5.41, 5.74) is 2.09. The molecule has 0 spiro atoms. The van der Waals surface area contributed by atoms with Gasteiger partial charge in [-0.05, 0) is 38.0 Å². The molecule has 0 radical (unpaired) electrons. The van der Waals surface area contributed by atoms with Crippen LogP contribution in [0.3, 0.4) is 0 Å². The summed E-state index contributed by atoms with van der Waals surface area (Å²) in [5, 5.41) is 0. The highest BCUT2D eigenvalue weighted by Crippen LogP contribution is 2.25. The lowest BCUT2D eigenvalue weighted by Crippen LogP contribution is -2.13. The first-order valence-electron chi connectivity index (χ1n) is 8.03. The fourth-order valence-electron chi connectivity index (χ4n) is 2.63. The van der Waals surface area contributed by atoms with Crippen molar-refractivity contribution < 1.29 is 9.32 Å². The maximum atomic E-state index is 12.7. The summed E-state index contributed by atoms with van der Waals surface area (Å²) in [7, 11) is 0. The molecule has 0 amide bonds. The Morgan fingerprint density at radius 3 is 2.32 bits per heavy atom. The van der Waals surface area contributed by atoms with Crippen molar-refractivity contribution in [2.45, 2.75) is 20.8 Å². The maximum Gasteiger partial charge on any atom is 0.366 e. The first-order chi connectivity index (χ1) is 12.1. The Balaban J connectivity index is 2.67. The molecule has 25 heavy (non-hydrogen) atoms. The van der Waals surface area contributed by atoms with Gasteiger partial charge >= 0.3 is 5.63 Å². The Kier molecular flexibility index (Phi) is 5.90. The smallest absolute Gasteiger partial charge is 0.327 e. The van der Waals surface area contributed by atoms with Crippen LogP contribution in [0.2, 0.25) is 0 Å². The predicted molar refractivity (Wildman–Crippen MR) is 101 cm³/mol. The summed E-state index contributed by atoms with van der Waals surface area (Å²) < 4.78 is 6.26. The van der Waals surface area contributed by atoms with Crippen molar-refractivity contribution in [1.29, 1.82) is 0 Å². The van der Waals surface area contributed by atoms with Crippen LogP contribution in [0.4, 0.5) is 0 Å². The lowest BCUT2D eigenvalue weighted by atomic mass is 9.98. The molecule has 1 heterocycles. The first kappa shape index (κ1) is 18.2. The van der Waals surface area contributed by atoms with Crippen LogP contribution in [0.15, 0.2) is 76.1 Å². The number of rotatable bonds is 5. The number of benzene rings is 1. The highest BCUT2D eigenvalue weighted by Gasteiger charge is 2.24. The van der Waals surface area contributed by atoms with Gasteiger partial charge in [-0.2, -0.15) is 0 Å². The highest BCUT2D eigenvalue weighted by molar-refractivity contribution is 5.99. The Morgan fingerprint density at radius 2 is 1.80 bits per heavy atom. The Bertz CT molecular complexity index is 922. The van der Waals surface area contributed by atoms with Crippen LogP contribution in [-0.2, 0) is 0 Å². The fraction of sp³-hybridized carbons (Fsp3) is 0.143. The van der Waals surface area contributed by atoms with E-state index in [4.69, 9.17) is 4.52 Å². The van der Waals surface area contributed by atoms with Crippen LogP contribution in [0.5, 0.6) is 0 Å². The Labute approximate surface area is 147 Å². The average molecular weight is 335 g/mol. The third-order valence-corrected chi connectivity index (χ3v) is 3.78. The van der Waals surface area contributed by atoms with E-state index in [9.17, 15) is 9.59 Å². The topological polar surface area (TPSA) is 52.2 Å². The minimum Gasteiger partial charge on any atom is -0.327 e. The number of nitrogens with zero attached hydrogens (tertiary/aromatic N) is 1. The standard InChI is InChI=1S/C21H21NO3/c1-5-12-15(6-2)20(23)22-18(8-4)19(21(24)25-22)17(7-3)16-13-10-9-11-14-16/h5-14H,4H2,1-3H3/b12-5-,15-6+,17-7-. The van der Waals surface area contributed by atoms with Crippen molar-refractivity contribution in [2.75, 3.05) is 0 Å². The van der Waals surface area contributed by atoms with Crippen LogP contribution >= 0.6 is 0 Å². The molecule has 0 unspecified atom stereocenters. The summed E-state index contributed by atoms with van der Waals surface area (Å²) in [6.07, 6.45) is 8.38. The molecule has 0 saturated carbocycles. The SMILES string of the molecule is C=Cc1c(/C(=C\C)c2ccccc2)c(=O)on1C(=O)C(/C=C\C)=C/C. The van der Waals surface area contributed by atoms with Gasteiger partial charge in [0.05, 0.1) is 11.3 Å². The van der Waals surface area contributed by atoms with Crippen molar-refractivity contribution in [3.8, 4) is 0 Å². The third kappa shape index (κ3) is 3.53. The van der Waals surface area contributed by atoms with Crippen LogP contribution in [0.1, 0.15) is 42.4 Å². The van der Waals surface area contributed by atoms with Gasteiger partial charge in [-0.1, -0.05) is 61.2 Å². The van der Waals surface area contributed by atoms with Crippen molar-refractivity contribution in [1.82, 2.24) is 4.74 Å². The minimum absolute atomic E-state index is 0.327. The van der Waals surface area contributed by atoms with E-state index in [1.165, 1.54) is 6.08 Å². The van der Waals surface area contributed by atoms with E-state index in [1.54, 1.807) is 25.2 Å². The summed E-state index contributed by atoms with van der Waals surface area (Å²) in [5.74, 6) is -0.414. The van der Waals surface area contributed by atoms with Gasteiger partial charge in [-0.15, -0.1) is 4.74 Å². The van der Waals surface area contributed by atoms with Gasteiger partial charge in [0.15, 0.2) is 0 Å². The number of allylic oxidation sites excluding steroid dienone is 5. The molecule has 0 N–H and O–H groups in total. The third-order valence-electron chi connectivity index (χ3n) is 3.78. The second-order valence-corrected chi connectivity index (χ2v) is 5.26. The molecule has 1 aromatic heterocycles. The highest BCUT2D eigenvalue weighted by atomic mass is 16.5. The lowest BCUT2D eigenvalue weighted by Gasteiger charge is -2.07. The van der Waals surface area contributed by atoms with E-state index in [0.717, 1.165) is 10.3 Å². The number of aromatic nitrogens is 1. The molecule has 2 aromatic rings. The van der Waals surface area contributed by atoms with Crippen molar-refractivity contribution >= 4 is 17.6 Å². The lowest BCUT2D eigenvalue weighted by molar-refractivity contribution is 0.0836. The van der Waals surface area contributed by atoms with Gasteiger partial charge in [-0.25, -0.2) is 4.79 Å². The second kappa shape index (κ2) is 8.11.